The summed E-state index contributed by atoms with van der Waals surface area (Å²) in [5.41, 5.74) is 3.70. The summed E-state index contributed by atoms with van der Waals surface area (Å²) in [6, 6.07) is 16.3. The van der Waals surface area contributed by atoms with Crippen LogP contribution in [0.25, 0.3) is 11.1 Å². The van der Waals surface area contributed by atoms with Gasteiger partial charge >= 0.3 is 6.09 Å². The monoisotopic (exact) mass is 296 g/mol. The van der Waals surface area contributed by atoms with Gasteiger partial charge in [-0.2, -0.15) is 0 Å². The van der Waals surface area contributed by atoms with Crippen LogP contribution >= 0.6 is 0 Å². The first-order chi connectivity index (χ1) is 10.7. The maximum absolute atomic E-state index is 11.2. The molecule has 1 aliphatic heterocycles. The van der Waals surface area contributed by atoms with E-state index in [1.165, 1.54) is 6.42 Å². The van der Waals surface area contributed by atoms with E-state index in [2.05, 4.69) is 10.6 Å². The lowest BCUT2D eigenvalue weighted by molar-refractivity contribution is 0.209. The molecule has 2 aromatic rings. The summed E-state index contributed by atoms with van der Waals surface area (Å²) in [6.07, 6.45) is 2.15. The average Bonchev–Trinajstić information content (AvgIpc) is 3.02. The first-order valence-corrected chi connectivity index (χ1v) is 7.64. The Hall–Kier alpha value is -2.33. The lowest BCUT2D eigenvalue weighted by Crippen LogP contribution is -2.24. The third kappa shape index (κ3) is 3.28. The van der Waals surface area contributed by atoms with Crippen molar-refractivity contribution in [2.24, 2.45) is 0 Å². The number of hydrogen-bond acceptors (Lipinski definition) is 2. The van der Waals surface area contributed by atoms with E-state index in [1.807, 2.05) is 48.5 Å². The zero-order valence-corrected chi connectivity index (χ0v) is 12.4. The molecule has 1 saturated heterocycles. The fraction of sp³-hybridized carbons (Fsp3) is 0.278. The van der Waals surface area contributed by atoms with Gasteiger partial charge in [-0.05, 0) is 36.9 Å². The molecule has 1 aliphatic rings. The Bertz CT molecular complexity index is 649. The van der Waals surface area contributed by atoms with E-state index in [0.29, 0.717) is 11.7 Å². The third-order valence-corrected chi connectivity index (χ3v) is 4.10. The minimum absolute atomic E-state index is 0.431. The minimum Gasteiger partial charge on any atom is -0.465 e. The molecule has 1 heterocycles. The third-order valence-electron chi connectivity index (χ3n) is 4.10. The molecule has 0 radical (unpaired) electrons. The van der Waals surface area contributed by atoms with E-state index in [1.54, 1.807) is 0 Å². The van der Waals surface area contributed by atoms with Gasteiger partial charge in [-0.25, -0.2) is 4.79 Å². The molecule has 3 N–H and O–H groups in total. The lowest BCUT2D eigenvalue weighted by atomic mass is 9.96. The first kappa shape index (κ1) is 14.6. The van der Waals surface area contributed by atoms with Crippen molar-refractivity contribution in [2.75, 3.05) is 11.9 Å². The van der Waals surface area contributed by atoms with Crippen LogP contribution in [-0.2, 0) is 6.42 Å². The van der Waals surface area contributed by atoms with Gasteiger partial charge in [-0.1, -0.05) is 48.5 Å². The number of benzene rings is 2. The van der Waals surface area contributed by atoms with E-state index in [4.69, 9.17) is 0 Å². The van der Waals surface area contributed by atoms with Gasteiger partial charge in [-0.15, -0.1) is 0 Å². The second-order valence-electron chi connectivity index (χ2n) is 5.63. The molecule has 4 heteroatoms. The number of carbonyl (C=O) groups is 1. The van der Waals surface area contributed by atoms with E-state index in [0.717, 1.165) is 36.1 Å². The van der Waals surface area contributed by atoms with Gasteiger partial charge in [0.25, 0.3) is 0 Å². The number of rotatable bonds is 4. The average molecular weight is 296 g/mol. The predicted molar refractivity (Wildman–Crippen MR) is 88.3 cm³/mol. The molecule has 0 spiro atoms. The van der Waals surface area contributed by atoms with Crippen molar-refractivity contribution in [3.8, 4) is 11.1 Å². The molecule has 1 unspecified atom stereocenters. The Kier molecular flexibility index (Phi) is 4.39. The largest absolute Gasteiger partial charge is 0.465 e. The molecule has 4 nitrogen and oxygen atoms in total. The highest BCUT2D eigenvalue weighted by Gasteiger charge is 2.18. The second kappa shape index (κ2) is 6.62. The van der Waals surface area contributed by atoms with Gasteiger partial charge in [0.2, 0.25) is 0 Å². The molecule has 1 fully saturated rings. The van der Waals surface area contributed by atoms with Gasteiger partial charge in [0.15, 0.2) is 0 Å². The van der Waals surface area contributed by atoms with Crippen molar-refractivity contribution < 1.29 is 9.90 Å². The maximum atomic E-state index is 11.2. The summed E-state index contributed by atoms with van der Waals surface area (Å²) in [5, 5.41) is 15.3. The van der Waals surface area contributed by atoms with Crippen molar-refractivity contribution >= 4 is 11.8 Å². The fourth-order valence-corrected chi connectivity index (χ4v) is 3.08. The number of anilines is 1. The Balaban J connectivity index is 1.99. The number of amides is 1. The van der Waals surface area contributed by atoms with Gasteiger partial charge < -0.3 is 10.4 Å². The van der Waals surface area contributed by atoms with Gasteiger partial charge in [0.05, 0.1) is 5.69 Å². The molecular formula is C18H20N2O2. The number of hydrogen-bond donors (Lipinski definition) is 3. The molecule has 114 valence electrons. The standard InChI is InChI=1S/C18H20N2O2/c21-18(22)20-17-14(12-15-9-5-11-19-15)8-4-10-16(17)13-6-2-1-3-7-13/h1-4,6-8,10,15,19-20H,5,9,11-12H2,(H,21,22). The van der Waals surface area contributed by atoms with Crippen LogP contribution in [0.5, 0.6) is 0 Å². The Morgan fingerprint density at radius 1 is 1.18 bits per heavy atom. The van der Waals surface area contributed by atoms with Crippen LogP contribution in [0, 0.1) is 0 Å². The van der Waals surface area contributed by atoms with Gasteiger partial charge in [0, 0.05) is 11.6 Å². The smallest absolute Gasteiger partial charge is 0.409 e. The van der Waals surface area contributed by atoms with Crippen LogP contribution in [0.4, 0.5) is 10.5 Å². The molecule has 2 aromatic carbocycles. The van der Waals surface area contributed by atoms with Gasteiger partial charge in [-0.3, -0.25) is 5.32 Å². The number of carboxylic acid groups (broad SMARTS) is 1. The zero-order chi connectivity index (χ0) is 15.4. The summed E-state index contributed by atoms with van der Waals surface area (Å²) in [7, 11) is 0. The van der Waals surface area contributed by atoms with Crippen LogP contribution in [0.3, 0.4) is 0 Å². The lowest BCUT2D eigenvalue weighted by Gasteiger charge is -2.17. The molecule has 1 amide bonds. The summed E-state index contributed by atoms with van der Waals surface area (Å²) in [6.45, 7) is 1.05. The van der Waals surface area contributed by atoms with Crippen molar-refractivity contribution in [1.29, 1.82) is 0 Å². The summed E-state index contributed by atoms with van der Waals surface area (Å²) in [4.78, 5) is 11.2. The van der Waals surface area contributed by atoms with E-state index < -0.39 is 6.09 Å². The van der Waals surface area contributed by atoms with Crippen molar-refractivity contribution in [2.45, 2.75) is 25.3 Å². The van der Waals surface area contributed by atoms with Crippen LogP contribution in [-0.4, -0.2) is 23.8 Å². The molecule has 0 bridgehead atoms. The van der Waals surface area contributed by atoms with Crippen molar-refractivity contribution in [3.05, 3.63) is 54.1 Å². The molecule has 3 rings (SSSR count). The van der Waals surface area contributed by atoms with Crippen LogP contribution < -0.4 is 10.6 Å². The zero-order valence-electron chi connectivity index (χ0n) is 12.4. The Labute approximate surface area is 130 Å². The van der Waals surface area contributed by atoms with Crippen LogP contribution in [0.2, 0.25) is 0 Å². The Morgan fingerprint density at radius 2 is 2.00 bits per heavy atom. The van der Waals surface area contributed by atoms with E-state index >= 15 is 0 Å². The quantitative estimate of drug-likeness (QED) is 0.805. The summed E-state index contributed by atoms with van der Waals surface area (Å²) >= 11 is 0. The van der Waals surface area contributed by atoms with Crippen molar-refractivity contribution in [3.63, 3.8) is 0 Å². The Morgan fingerprint density at radius 3 is 2.68 bits per heavy atom. The number of nitrogens with one attached hydrogen (secondary N) is 2. The fourth-order valence-electron chi connectivity index (χ4n) is 3.08. The molecular weight excluding hydrogens is 276 g/mol. The topological polar surface area (TPSA) is 61.4 Å². The van der Waals surface area contributed by atoms with Crippen LogP contribution in [0.15, 0.2) is 48.5 Å². The van der Waals surface area contributed by atoms with E-state index in [-0.39, 0.29) is 0 Å². The number of para-hydroxylation sites is 1. The normalized spacial score (nSPS) is 17.4. The first-order valence-electron chi connectivity index (χ1n) is 7.64. The molecule has 0 aliphatic carbocycles. The highest BCUT2D eigenvalue weighted by molar-refractivity contribution is 5.92. The molecule has 0 saturated carbocycles. The highest BCUT2D eigenvalue weighted by Crippen LogP contribution is 2.32. The summed E-state index contributed by atoms with van der Waals surface area (Å²) < 4.78 is 0. The maximum Gasteiger partial charge on any atom is 0.409 e. The predicted octanol–water partition coefficient (Wildman–Crippen LogP) is 3.74. The van der Waals surface area contributed by atoms with E-state index in [9.17, 15) is 9.90 Å². The molecule has 1 atom stereocenters. The molecule has 0 aromatic heterocycles. The highest BCUT2D eigenvalue weighted by atomic mass is 16.4. The van der Waals surface area contributed by atoms with Crippen molar-refractivity contribution in [1.82, 2.24) is 5.32 Å². The minimum atomic E-state index is -1.02. The van der Waals surface area contributed by atoms with Gasteiger partial charge in [0.1, 0.15) is 0 Å². The second-order valence-corrected chi connectivity index (χ2v) is 5.63. The summed E-state index contributed by atoms with van der Waals surface area (Å²) in [5.74, 6) is 0. The SMILES string of the molecule is O=C(O)Nc1c(CC2CCCN2)cccc1-c1ccccc1. The molecule has 22 heavy (non-hydrogen) atoms. The van der Waals surface area contributed by atoms with Crippen LogP contribution in [0.1, 0.15) is 18.4 Å².